The molecule has 2 saturated heterocycles. The van der Waals surface area contributed by atoms with Crippen LogP contribution in [0.2, 0.25) is 10.2 Å². The Labute approximate surface area is 199 Å². The minimum absolute atomic E-state index is 0.222. The average molecular weight is 481 g/mol. The van der Waals surface area contributed by atoms with Gasteiger partial charge in [0, 0.05) is 48.8 Å². The lowest BCUT2D eigenvalue weighted by atomic mass is 9.98. The first-order chi connectivity index (χ1) is 15.4. The van der Waals surface area contributed by atoms with E-state index in [1.54, 1.807) is 12.1 Å². The van der Waals surface area contributed by atoms with E-state index < -0.39 is 0 Å². The van der Waals surface area contributed by atoms with E-state index in [4.69, 9.17) is 28.9 Å². The second-order valence-corrected chi connectivity index (χ2v) is 9.59. The molecule has 2 aliphatic rings. The van der Waals surface area contributed by atoms with Crippen LogP contribution < -0.4 is 10.6 Å². The Morgan fingerprint density at radius 3 is 2.56 bits per heavy atom. The smallest absolute Gasteiger partial charge is 0.172 e. The maximum absolute atomic E-state index is 14.2. The van der Waals surface area contributed by atoms with Crippen molar-refractivity contribution in [1.29, 1.82) is 0 Å². The first-order valence-electron chi connectivity index (χ1n) is 11.3. The molecule has 4 rings (SSSR count). The molecule has 9 heteroatoms. The van der Waals surface area contributed by atoms with Crippen LogP contribution >= 0.6 is 23.2 Å². The molecule has 0 aliphatic carbocycles. The van der Waals surface area contributed by atoms with E-state index in [1.807, 2.05) is 6.92 Å². The summed E-state index contributed by atoms with van der Waals surface area (Å²) in [5.74, 6) is 0.900. The Morgan fingerprint density at radius 1 is 1.12 bits per heavy atom. The molecule has 1 aromatic heterocycles. The number of nitrogens with two attached hydrogens (primary N) is 1. The monoisotopic (exact) mass is 480 g/mol. The zero-order chi connectivity index (χ0) is 22.8. The maximum atomic E-state index is 14.2. The van der Waals surface area contributed by atoms with E-state index in [0.717, 1.165) is 52.0 Å². The number of likely N-dealkylation sites (tertiary alicyclic amines) is 1. The van der Waals surface area contributed by atoms with Crippen molar-refractivity contribution >= 4 is 34.8 Å². The quantitative estimate of drug-likeness (QED) is 0.684. The van der Waals surface area contributed by atoms with Crippen LogP contribution in [0.5, 0.6) is 0 Å². The molecule has 0 saturated carbocycles. The molecule has 2 aromatic rings. The van der Waals surface area contributed by atoms with Crippen LogP contribution in [-0.4, -0.2) is 64.6 Å². The number of piperidine rings is 1. The summed E-state index contributed by atoms with van der Waals surface area (Å²) in [4.78, 5) is 16.1. The van der Waals surface area contributed by atoms with Gasteiger partial charge in [-0.05, 0) is 51.4 Å². The molecule has 0 radical (unpaired) electrons. The Kier molecular flexibility index (Phi) is 7.40. The van der Waals surface area contributed by atoms with Gasteiger partial charge in [-0.2, -0.15) is 0 Å². The predicted molar refractivity (Wildman–Crippen MR) is 129 cm³/mol. The number of anilines is 2. The van der Waals surface area contributed by atoms with Crippen molar-refractivity contribution in [3.63, 3.8) is 0 Å². The lowest BCUT2D eigenvalue weighted by molar-refractivity contribution is 0.0607. The second kappa shape index (κ2) is 10.1. The zero-order valence-electron chi connectivity index (χ0n) is 18.7. The third-order valence-electron chi connectivity index (χ3n) is 6.78. The topological polar surface area (TPSA) is 61.5 Å². The number of halogens is 3. The van der Waals surface area contributed by atoms with Gasteiger partial charge in [0.1, 0.15) is 11.6 Å². The van der Waals surface area contributed by atoms with Gasteiger partial charge >= 0.3 is 0 Å². The van der Waals surface area contributed by atoms with Gasteiger partial charge in [0.05, 0.1) is 5.69 Å². The molecule has 0 spiro atoms. The van der Waals surface area contributed by atoms with Crippen LogP contribution in [-0.2, 0) is 6.54 Å². The third kappa shape index (κ3) is 5.11. The highest BCUT2D eigenvalue weighted by molar-refractivity contribution is 6.31. The van der Waals surface area contributed by atoms with Gasteiger partial charge in [-0.1, -0.05) is 36.2 Å². The van der Waals surface area contributed by atoms with E-state index in [-0.39, 0.29) is 5.82 Å². The standard InChI is InChI=1S/C23H31Cl2FN6/c1-3-18-14-31(23-21(25)28-15(2)22(27)29-23)10-11-32(18)19-6-8-30(9-7-19)13-16-4-5-17(24)12-20(16)26/h4-5,12,18-19H,3,6-11,13-14H2,1-2H3,(H2,27,29). The van der Waals surface area contributed by atoms with Gasteiger partial charge < -0.3 is 10.6 Å². The van der Waals surface area contributed by atoms with Crippen molar-refractivity contribution in [3.8, 4) is 0 Å². The summed E-state index contributed by atoms with van der Waals surface area (Å²) in [5, 5.41) is 0.859. The SMILES string of the molecule is CCC1CN(c2nc(N)c(C)nc2Cl)CCN1C1CCN(Cc2ccc(Cl)cc2F)CC1. The summed E-state index contributed by atoms with van der Waals surface area (Å²) in [6.07, 6.45) is 3.23. The van der Waals surface area contributed by atoms with Gasteiger partial charge in [0.15, 0.2) is 11.0 Å². The fraction of sp³-hybridized carbons (Fsp3) is 0.565. The summed E-state index contributed by atoms with van der Waals surface area (Å²) >= 11 is 12.3. The van der Waals surface area contributed by atoms with Crippen LogP contribution in [0.3, 0.4) is 0 Å². The number of rotatable bonds is 5. The molecule has 1 aromatic carbocycles. The van der Waals surface area contributed by atoms with E-state index in [0.29, 0.717) is 51.7 Å². The predicted octanol–water partition coefficient (Wildman–Crippen LogP) is 4.38. The van der Waals surface area contributed by atoms with E-state index >= 15 is 0 Å². The van der Waals surface area contributed by atoms with Crippen molar-refractivity contribution in [1.82, 2.24) is 19.8 Å². The molecular weight excluding hydrogens is 450 g/mol. The summed E-state index contributed by atoms with van der Waals surface area (Å²) in [7, 11) is 0. The highest BCUT2D eigenvalue weighted by Crippen LogP contribution is 2.30. The molecular formula is C23H31Cl2FN6. The molecule has 2 N–H and O–H groups in total. The number of piperazine rings is 1. The van der Waals surface area contributed by atoms with Crippen molar-refractivity contribution < 1.29 is 4.39 Å². The molecule has 0 amide bonds. The normalized spacial score (nSPS) is 21.3. The molecule has 1 unspecified atom stereocenters. The zero-order valence-corrected chi connectivity index (χ0v) is 20.2. The summed E-state index contributed by atoms with van der Waals surface area (Å²) in [6.45, 7) is 9.29. The largest absolute Gasteiger partial charge is 0.382 e. The van der Waals surface area contributed by atoms with Gasteiger partial charge in [0.2, 0.25) is 0 Å². The van der Waals surface area contributed by atoms with Gasteiger partial charge in [-0.3, -0.25) is 9.80 Å². The minimum atomic E-state index is -0.222. The van der Waals surface area contributed by atoms with Gasteiger partial charge in [-0.25, -0.2) is 14.4 Å². The Morgan fingerprint density at radius 2 is 1.88 bits per heavy atom. The van der Waals surface area contributed by atoms with Gasteiger partial charge in [-0.15, -0.1) is 0 Å². The minimum Gasteiger partial charge on any atom is -0.382 e. The Bertz CT molecular complexity index is 950. The molecule has 6 nitrogen and oxygen atoms in total. The van der Waals surface area contributed by atoms with E-state index in [2.05, 4.69) is 31.6 Å². The van der Waals surface area contributed by atoms with Crippen LogP contribution in [0, 0.1) is 12.7 Å². The van der Waals surface area contributed by atoms with Crippen molar-refractivity contribution in [2.45, 2.75) is 51.7 Å². The molecule has 3 heterocycles. The lowest BCUT2D eigenvalue weighted by Gasteiger charge is -2.47. The van der Waals surface area contributed by atoms with E-state index in [9.17, 15) is 4.39 Å². The van der Waals surface area contributed by atoms with Crippen molar-refractivity contribution in [3.05, 3.63) is 45.4 Å². The van der Waals surface area contributed by atoms with Crippen LogP contribution in [0.4, 0.5) is 16.0 Å². The van der Waals surface area contributed by atoms with Crippen LogP contribution in [0.1, 0.15) is 37.4 Å². The summed E-state index contributed by atoms with van der Waals surface area (Å²) < 4.78 is 14.2. The number of nitrogens with zero attached hydrogens (tertiary/aromatic N) is 5. The van der Waals surface area contributed by atoms with E-state index in [1.165, 1.54) is 6.07 Å². The average Bonchev–Trinajstić information content (AvgIpc) is 2.78. The number of aryl methyl sites for hydroxylation is 1. The molecule has 32 heavy (non-hydrogen) atoms. The van der Waals surface area contributed by atoms with Crippen molar-refractivity contribution in [2.75, 3.05) is 43.4 Å². The fourth-order valence-corrected chi connectivity index (χ4v) is 5.35. The number of aromatic nitrogens is 2. The number of hydrogen-bond acceptors (Lipinski definition) is 6. The van der Waals surface area contributed by atoms with Crippen LogP contribution in [0.15, 0.2) is 18.2 Å². The molecule has 2 aliphatic heterocycles. The second-order valence-electron chi connectivity index (χ2n) is 8.80. The fourth-order valence-electron chi connectivity index (χ4n) is 4.90. The number of hydrogen-bond donors (Lipinski definition) is 1. The molecule has 174 valence electrons. The highest BCUT2D eigenvalue weighted by atomic mass is 35.5. The summed E-state index contributed by atoms with van der Waals surface area (Å²) in [5.41, 5.74) is 7.36. The maximum Gasteiger partial charge on any atom is 0.172 e. The Balaban J connectivity index is 1.35. The first-order valence-corrected chi connectivity index (χ1v) is 12.1. The number of nitrogen functional groups attached to an aromatic ring is 1. The molecule has 1 atom stereocenters. The Hall–Kier alpha value is -1.67. The third-order valence-corrected chi connectivity index (χ3v) is 7.27. The highest BCUT2D eigenvalue weighted by Gasteiger charge is 2.34. The molecule has 2 fully saturated rings. The number of benzene rings is 1. The van der Waals surface area contributed by atoms with Crippen LogP contribution in [0.25, 0.3) is 0 Å². The van der Waals surface area contributed by atoms with Crippen molar-refractivity contribution in [2.24, 2.45) is 0 Å². The van der Waals surface area contributed by atoms with Gasteiger partial charge in [0.25, 0.3) is 0 Å². The summed E-state index contributed by atoms with van der Waals surface area (Å²) in [6, 6.07) is 5.92. The first kappa shape index (κ1) is 23.5. The lowest BCUT2D eigenvalue weighted by Crippen LogP contribution is -2.58. The molecule has 0 bridgehead atoms.